The Labute approximate surface area is 101 Å². The van der Waals surface area contributed by atoms with Crippen molar-refractivity contribution >= 4 is 21.0 Å². The van der Waals surface area contributed by atoms with Crippen LogP contribution in [0.5, 0.6) is 0 Å². The second-order valence-electron chi connectivity index (χ2n) is 3.75. The van der Waals surface area contributed by atoms with Gasteiger partial charge in [0.1, 0.15) is 4.90 Å². The normalized spacial score (nSPS) is 11.9. The molecule has 0 radical (unpaired) electrons. The predicted octanol–water partition coefficient (Wildman–Crippen LogP) is 0.0255. The zero-order chi connectivity index (χ0) is 13.5. The van der Waals surface area contributed by atoms with Crippen LogP contribution in [0.15, 0.2) is 26.6 Å². The van der Waals surface area contributed by atoms with Gasteiger partial charge in [-0.2, -0.15) is 8.42 Å². The van der Waals surface area contributed by atoms with Gasteiger partial charge in [-0.05, 0) is 24.1 Å². The molecule has 0 spiro atoms. The van der Waals surface area contributed by atoms with Gasteiger partial charge in [-0.15, -0.1) is 0 Å². The molecule has 18 heavy (non-hydrogen) atoms. The second-order valence-corrected chi connectivity index (χ2v) is 5.14. The molecular formula is C10H10N2O5S. The zero-order valence-electron chi connectivity index (χ0n) is 9.35. The number of H-pyrrole nitrogens is 2. The Hall–Kier alpha value is -1.93. The number of nitrogens with one attached hydrogen (secondary N) is 2. The van der Waals surface area contributed by atoms with Gasteiger partial charge in [-0.1, -0.05) is 6.92 Å². The minimum absolute atomic E-state index is 0.0153. The van der Waals surface area contributed by atoms with Crippen LogP contribution in [0, 0.1) is 0 Å². The summed E-state index contributed by atoms with van der Waals surface area (Å²) in [6, 6.07) is 2.70. The lowest BCUT2D eigenvalue weighted by atomic mass is 10.1. The summed E-state index contributed by atoms with van der Waals surface area (Å²) in [6.07, 6.45) is 0.483. The summed E-state index contributed by atoms with van der Waals surface area (Å²) in [7, 11) is -4.52. The SMILES string of the molecule is CCc1cc(S(=O)(=O)O)c2[nH]c(=O)[nH]c(=O)c2c1. The van der Waals surface area contributed by atoms with Crippen LogP contribution in [0.25, 0.3) is 10.9 Å². The van der Waals surface area contributed by atoms with Crippen LogP contribution >= 0.6 is 0 Å². The first-order valence-corrected chi connectivity index (χ1v) is 6.53. The molecule has 3 N–H and O–H groups in total. The molecule has 0 atom stereocenters. The molecule has 0 unspecified atom stereocenters. The van der Waals surface area contributed by atoms with Crippen molar-refractivity contribution < 1.29 is 13.0 Å². The highest BCUT2D eigenvalue weighted by atomic mass is 32.2. The van der Waals surface area contributed by atoms with Gasteiger partial charge in [-0.25, -0.2) is 4.79 Å². The van der Waals surface area contributed by atoms with Gasteiger partial charge in [-0.3, -0.25) is 14.3 Å². The topological polar surface area (TPSA) is 120 Å². The molecule has 1 heterocycles. The number of rotatable bonds is 2. The highest BCUT2D eigenvalue weighted by molar-refractivity contribution is 7.86. The van der Waals surface area contributed by atoms with E-state index in [4.69, 9.17) is 4.55 Å². The van der Waals surface area contributed by atoms with Crippen molar-refractivity contribution in [2.75, 3.05) is 0 Å². The molecule has 7 nitrogen and oxygen atoms in total. The number of aryl methyl sites for hydroxylation is 1. The standard InChI is InChI=1S/C10H10N2O5S/c1-2-5-3-6-8(7(4-5)18(15,16)17)11-10(14)12-9(6)13/h3-4H,2H2,1H3,(H,15,16,17)(H2,11,12,13,14). The fraction of sp³-hybridized carbons (Fsp3) is 0.200. The first-order valence-electron chi connectivity index (χ1n) is 5.09. The maximum Gasteiger partial charge on any atom is 0.326 e. The molecule has 1 aromatic carbocycles. The first kappa shape index (κ1) is 12.5. The summed E-state index contributed by atoms with van der Waals surface area (Å²) in [6.45, 7) is 1.77. The monoisotopic (exact) mass is 270 g/mol. The Morgan fingerprint density at radius 3 is 2.44 bits per heavy atom. The van der Waals surface area contributed by atoms with E-state index in [0.29, 0.717) is 12.0 Å². The zero-order valence-corrected chi connectivity index (χ0v) is 10.2. The largest absolute Gasteiger partial charge is 0.326 e. The maximum atomic E-state index is 11.6. The third kappa shape index (κ3) is 2.07. The Kier molecular flexibility index (Phi) is 2.83. The molecule has 2 aromatic rings. The summed E-state index contributed by atoms with van der Waals surface area (Å²) in [4.78, 5) is 26.5. The molecule has 0 aliphatic rings. The fourth-order valence-corrected chi connectivity index (χ4v) is 2.42. The molecule has 1 aromatic heterocycles. The van der Waals surface area contributed by atoms with Crippen molar-refractivity contribution in [3.05, 3.63) is 38.5 Å². The summed E-state index contributed by atoms with van der Waals surface area (Å²) < 4.78 is 31.6. The summed E-state index contributed by atoms with van der Waals surface area (Å²) in [5.41, 5.74) is -1.16. The van der Waals surface area contributed by atoms with Crippen molar-refractivity contribution in [3.8, 4) is 0 Å². The Bertz CT molecular complexity index is 831. The Morgan fingerprint density at radius 1 is 1.22 bits per heavy atom. The smallest absolute Gasteiger partial charge is 0.305 e. The molecule has 2 rings (SSSR count). The molecule has 0 bridgehead atoms. The molecule has 0 aliphatic carbocycles. The van der Waals surface area contributed by atoms with Crippen LogP contribution in [0.4, 0.5) is 0 Å². The van der Waals surface area contributed by atoms with E-state index in [1.807, 2.05) is 4.98 Å². The van der Waals surface area contributed by atoms with Crippen molar-refractivity contribution in [2.24, 2.45) is 0 Å². The molecule has 8 heteroatoms. The van der Waals surface area contributed by atoms with E-state index in [2.05, 4.69) is 4.98 Å². The van der Waals surface area contributed by atoms with E-state index >= 15 is 0 Å². The van der Waals surface area contributed by atoms with Gasteiger partial charge in [0.15, 0.2) is 0 Å². The predicted molar refractivity (Wildman–Crippen MR) is 64.4 cm³/mol. The highest BCUT2D eigenvalue weighted by Gasteiger charge is 2.17. The Balaban J connectivity index is 3.10. The fourth-order valence-electron chi connectivity index (χ4n) is 1.70. The summed E-state index contributed by atoms with van der Waals surface area (Å²) in [5.74, 6) is 0. The number of aromatic amines is 2. The van der Waals surface area contributed by atoms with E-state index < -0.39 is 26.3 Å². The number of hydrogen-bond donors (Lipinski definition) is 3. The molecule has 96 valence electrons. The first-order chi connectivity index (χ1) is 8.32. The van der Waals surface area contributed by atoms with E-state index in [-0.39, 0.29) is 10.9 Å². The van der Waals surface area contributed by atoms with Crippen molar-refractivity contribution in [1.82, 2.24) is 9.97 Å². The van der Waals surface area contributed by atoms with E-state index in [1.165, 1.54) is 12.1 Å². The maximum absolute atomic E-state index is 11.6. The van der Waals surface area contributed by atoms with Gasteiger partial charge in [0.05, 0.1) is 10.9 Å². The number of benzene rings is 1. The quantitative estimate of drug-likeness (QED) is 0.665. The average molecular weight is 270 g/mol. The number of fused-ring (bicyclic) bond motifs is 1. The lowest BCUT2D eigenvalue weighted by Gasteiger charge is -2.05. The van der Waals surface area contributed by atoms with Crippen LogP contribution in [0.2, 0.25) is 0 Å². The Morgan fingerprint density at radius 2 is 1.89 bits per heavy atom. The third-order valence-corrected chi connectivity index (χ3v) is 3.44. The molecule has 0 aliphatic heterocycles. The average Bonchev–Trinajstić information content (AvgIpc) is 2.26. The van der Waals surface area contributed by atoms with Gasteiger partial charge in [0.2, 0.25) is 0 Å². The van der Waals surface area contributed by atoms with Gasteiger partial charge in [0.25, 0.3) is 15.7 Å². The number of aromatic nitrogens is 2. The van der Waals surface area contributed by atoms with E-state index in [1.54, 1.807) is 6.92 Å². The molecule has 0 saturated carbocycles. The second kappa shape index (κ2) is 4.07. The van der Waals surface area contributed by atoms with Crippen LogP contribution in [-0.2, 0) is 16.5 Å². The minimum atomic E-state index is -4.52. The van der Waals surface area contributed by atoms with Crippen LogP contribution in [0.3, 0.4) is 0 Å². The lowest BCUT2D eigenvalue weighted by Crippen LogP contribution is -2.23. The highest BCUT2D eigenvalue weighted by Crippen LogP contribution is 2.20. The molecule has 0 amide bonds. The van der Waals surface area contributed by atoms with Crippen LogP contribution in [-0.4, -0.2) is 22.9 Å². The van der Waals surface area contributed by atoms with Gasteiger partial charge < -0.3 is 4.98 Å². The van der Waals surface area contributed by atoms with Gasteiger partial charge in [0, 0.05) is 0 Å². The summed E-state index contributed by atoms with van der Waals surface area (Å²) in [5, 5.41) is 0.0153. The number of hydrogen-bond acceptors (Lipinski definition) is 4. The minimum Gasteiger partial charge on any atom is -0.305 e. The van der Waals surface area contributed by atoms with Crippen molar-refractivity contribution in [2.45, 2.75) is 18.2 Å². The molecule has 0 fully saturated rings. The molecular weight excluding hydrogens is 260 g/mol. The van der Waals surface area contributed by atoms with E-state index in [0.717, 1.165) is 0 Å². The summed E-state index contributed by atoms with van der Waals surface area (Å²) >= 11 is 0. The molecule has 0 saturated heterocycles. The van der Waals surface area contributed by atoms with Gasteiger partial charge >= 0.3 is 5.69 Å². The van der Waals surface area contributed by atoms with E-state index in [9.17, 15) is 18.0 Å². The van der Waals surface area contributed by atoms with Crippen molar-refractivity contribution in [1.29, 1.82) is 0 Å². The van der Waals surface area contributed by atoms with Crippen molar-refractivity contribution in [3.63, 3.8) is 0 Å². The third-order valence-electron chi connectivity index (χ3n) is 2.56. The van der Waals surface area contributed by atoms with Crippen LogP contribution < -0.4 is 11.2 Å². The lowest BCUT2D eigenvalue weighted by molar-refractivity contribution is 0.484. The van der Waals surface area contributed by atoms with Crippen LogP contribution in [0.1, 0.15) is 12.5 Å².